The van der Waals surface area contributed by atoms with Crippen molar-refractivity contribution in [1.82, 2.24) is 15.0 Å². The molecule has 0 unspecified atom stereocenters. The van der Waals surface area contributed by atoms with Gasteiger partial charge in [-0.1, -0.05) is 0 Å². The number of methoxy groups -OCH3 is 1. The molecule has 0 radical (unpaired) electrons. The number of alkyl halides is 3. The molecule has 3 aromatic rings. The summed E-state index contributed by atoms with van der Waals surface area (Å²) in [6.45, 7) is -0.506. The van der Waals surface area contributed by atoms with E-state index in [-0.39, 0.29) is 30.3 Å². The molecule has 9 nitrogen and oxygen atoms in total. The maximum atomic E-state index is 13.1. The Morgan fingerprint density at radius 1 is 1.15 bits per heavy atom. The van der Waals surface area contributed by atoms with Crippen molar-refractivity contribution in [3.8, 4) is 16.6 Å². The molecular weight excluding hydrogens is 465 g/mol. The summed E-state index contributed by atoms with van der Waals surface area (Å²) in [4.78, 5) is 36.5. The van der Waals surface area contributed by atoms with Crippen LogP contribution >= 0.6 is 11.3 Å². The number of thiazole rings is 1. The summed E-state index contributed by atoms with van der Waals surface area (Å²) in [7, 11) is 1.44. The van der Waals surface area contributed by atoms with Crippen LogP contribution in [0, 0.1) is 0 Å². The summed E-state index contributed by atoms with van der Waals surface area (Å²) >= 11 is 1.11. The molecule has 0 aliphatic rings. The molecule has 1 N–H and O–H groups in total. The highest BCUT2D eigenvalue weighted by atomic mass is 32.1. The quantitative estimate of drug-likeness (QED) is 0.365. The van der Waals surface area contributed by atoms with Crippen LogP contribution in [0.1, 0.15) is 16.1 Å². The fourth-order valence-corrected chi connectivity index (χ4v) is 3.17. The van der Waals surface area contributed by atoms with Gasteiger partial charge in [-0.15, -0.1) is 11.3 Å². The number of benzene rings is 1. The Kier molecular flexibility index (Phi) is 7.90. The minimum absolute atomic E-state index is 0.00623. The number of amides is 1. The lowest BCUT2D eigenvalue weighted by Crippen LogP contribution is -2.22. The Balaban J connectivity index is 1.64. The van der Waals surface area contributed by atoms with E-state index in [1.165, 1.54) is 24.9 Å². The van der Waals surface area contributed by atoms with Crippen molar-refractivity contribution in [1.29, 1.82) is 0 Å². The molecule has 174 valence electrons. The Bertz CT molecular complexity index is 1110. The van der Waals surface area contributed by atoms with Gasteiger partial charge in [-0.25, -0.2) is 19.7 Å². The van der Waals surface area contributed by atoms with Gasteiger partial charge in [0.2, 0.25) is 0 Å². The van der Waals surface area contributed by atoms with Gasteiger partial charge in [0.15, 0.2) is 23.1 Å². The Hall–Kier alpha value is -3.58. The van der Waals surface area contributed by atoms with E-state index in [1.807, 2.05) is 0 Å². The van der Waals surface area contributed by atoms with Crippen molar-refractivity contribution in [2.45, 2.75) is 6.18 Å². The zero-order valence-electron chi connectivity index (χ0n) is 17.1. The smallest absolute Gasteiger partial charge is 0.416 e. The Morgan fingerprint density at radius 2 is 1.91 bits per heavy atom. The summed E-state index contributed by atoms with van der Waals surface area (Å²) in [6, 6.07) is 4.27. The third kappa shape index (κ3) is 6.70. The van der Waals surface area contributed by atoms with E-state index in [9.17, 15) is 22.8 Å². The van der Waals surface area contributed by atoms with Gasteiger partial charge in [0.1, 0.15) is 12.4 Å². The Morgan fingerprint density at radius 3 is 2.61 bits per heavy atom. The number of esters is 1. The molecule has 0 saturated heterocycles. The zero-order valence-corrected chi connectivity index (χ0v) is 17.9. The van der Waals surface area contributed by atoms with E-state index in [2.05, 4.69) is 20.3 Å². The number of nitrogens with zero attached hydrogens (tertiary/aromatic N) is 3. The third-order valence-electron chi connectivity index (χ3n) is 3.93. The first-order chi connectivity index (χ1) is 15.8. The van der Waals surface area contributed by atoms with Crippen LogP contribution in [0.3, 0.4) is 0 Å². The molecule has 0 spiro atoms. The highest BCUT2D eigenvalue weighted by Crippen LogP contribution is 2.35. The second-order valence-corrected chi connectivity index (χ2v) is 7.14. The highest BCUT2D eigenvalue weighted by molar-refractivity contribution is 7.13. The first-order valence-electron chi connectivity index (χ1n) is 9.31. The van der Waals surface area contributed by atoms with Gasteiger partial charge in [-0.2, -0.15) is 13.2 Å². The van der Waals surface area contributed by atoms with Crippen molar-refractivity contribution in [3.63, 3.8) is 0 Å². The fourth-order valence-electron chi connectivity index (χ4n) is 2.44. The summed E-state index contributed by atoms with van der Waals surface area (Å²) in [5, 5.41) is 4.07. The molecule has 33 heavy (non-hydrogen) atoms. The molecule has 3 rings (SSSR count). The number of hydrogen-bond acceptors (Lipinski definition) is 9. The standard InChI is InChI=1S/C20H17F3N4O5S/c1-30-7-8-31-15-4-3-12(20(21,22)23)9-13(15)26-16(28)10-32-19(29)14-11-33-18(27-14)17-24-5-2-6-25-17/h2-6,9,11H,7-8,10H2,1H3,(H,26,28). The average molecular weight is 482 g/mol. The van der Waals surface area contributed by atoms with Gasteiger partial charge >= 0.3 is 12.1 Å². The molecule has 0 atom stereocenters. The minimum atomic E-state index is -4.62. The normalized spacial score (nSPS) is 11.2. The van der Waals surface area contributed by atoms with Crippen LogP contribution in [0.15, 0.2) is 42.0 Å². The van der Waals surface area contributed by atoms with E-state index in [0.717, 1.165) is 29.5 Å². The van der Waals surface area contributed by atoms with E-state index >= 15 is 0 Å². The molecule has 0 aliphatic heterocycles. The van der Waals surface area contributed by atoms with Crippen LogP contribution in [-0.4, -0.2) is 53.8 Å². The number of carbonyl (C=O) groups excluding carboxylic acids is 2. The van der Waals surface area contributed by atoms with Gasteiger partial charge in [0.25, 0.3) is 5.91 Å². The van der Waals surface area contributed by atoms with Crippen LogP contribution in [-0.2, 0) is 20.4 Å². The summed E-state index contributed by atoms with van der Waals surface area (Å²) in [6.07, 6.45) is -1.58. The first-order valence-corrected chi connectivity index (χ1v) is 10.2. The average Bonchev–Trinajstić information content (AvgIpc) is 3.29. The summed E-state index contributed by atoms with van der Waals surface area (Å²) in [5.74, 6) is -1.41. The molecule has 0 saturated carbocycles. The zero-order chi connectivity index (χ0) is 23.8. The van der Waals surface area contributed by atoms with E-state index in [0.29, 0.717) is 10.8 Å². The first kappa shape index (κ1) is 24.1. The van der Waals surface area contributed by atoms with Crippen molar-refractivity contribution in [3.05, 3.63) is 53.3 Å². The number of anilines is 1. The maximum Gasteiger partial charge on any atom is 0.416 e. The number of carbonyl (C=O) groups is 2. The van der Waals surface area contributed by atoms with Crippen molar-refractivity contribution in [2.75, 3.05) is 32.2 Å². The third-order valence-corrected chi connectivity index (χ3v) is 4.77. The lowest BCUT2D eigenvalue weighted by atomic mass is 10.1. The maximum absolute atomic E-state index is 13.1. The predicted octanol–water partition coefficient (Wildman–Crippen LogP) is 3.44. The lowest BCUT2D eigenvalue weighted by molar-refractivity contribution is -0.137. The number of nitrogens with one attached hydrogen (secondary N) is 1. The van der Waals surface area contributed by atoms with Crippen molar-refractivity contribution in [2.24, 2.45) is 0 Å². The molecule has 0 bridgehead atoms. The van der Waals surface area contributed by atoms with Crippen molar-refractivity contribution < 1.29 is 37.0 Å². The number of rotatable bonds is 9. The molecule has 1 aromatic carbocycles. The topological polar surface area (TPSA) is 113 Å². The van der Waals surface area contributed by atoms with Gasteiger partial charge in [0.05, 0.1) is 17.9 Å². The van der Waals surface area contributed by atoms with Gasteiger partial charge in [-0.3, -0.25) is 4.79 Å². The largest absolute Gasteiger partial charge is 0.489 e. The molecule has 0 aliphatic carbocycles. The summed E-state index contributed by atoms with van der Waals surface area (Å²) in [5.41, 5.74) is -1.26. The van der Waals surface area contributed by atoms with Crippen LogP contribution in [0.25, 0.3) is 10.8 Å². The van der Waals surface area contributed by atoms with Crippen LogP contribution < -0.4 is 10.1 Å². The second-order valence-electron chi connectivity index (χ2n) is 6.28. The van der Waals surface area contributed by atoms with Crippen LogP contribution in [0.4, 0.5) is 18.9 Å². The van der Waals surface area contributed by atoms with Gasteiger partial charge in [-0.05, 0) is 24.3 Å². The second kappa shape index (κ2) is 10.8. The van der Waals surface area contributed by atoms with E-state index in [1.54, 1.807) is 6.07 Å². The number of halogens is 3. The predicted molar refractivity (Wildman–Crippen MR) is 111 cm³/mol. The highest BCUT2D eigenvalue weighted by Gasteiger charge is 2.31. The fraction of sp³-hybridized carbons (Fsp3) is 0.250. The molecular formula is C20H17F3N4O5S. The van der Waals surface area contributed by atoms with E-state index < -0.39 is 30.2 Å². The molecule has 13 heteroatoms. The Labute approximate surface area is 189 Å². The lowest BCUT2D eigenvalue weighted by Gasteiger charge is -2.15. The number of aromatic nitrogens is 3. The minimum Gasteiger partial charge on any atom is -0.489 e. The SMILES string of the molecule is COCCOc1ccc(C(F)(F)F)cc1NC(=O)COC(=O)c1csc(-c2ncccn2)n1. The van der Waals surface area contributed by atoms with Gasteiger partial charge in [0, 0.05) is 24.9 Å². The molecule has 2 heterocycles. The van der Waals surface area contributed by atoms with Gasteiger partial charge < -0.3 is 19.5 Å². The molecule has 1 amide bonds. The number of ether oxygens (including phenoxy) is 3. The number of hydrogen-bond donors (Lipinski definition) is 1. The van der Waals surface area contributed by atoms with Crippen LogP contribution in [0.2, 0.25) is 0 Å². The summed E-state index contributed by atoms with van der Waals surface area (Å²) < 4.78 is 54.3. The van der Waals surface area contributed by atoms with Crippen molar-refractivity contribution >= 4 is 28.9 Å². The monoisotopic (exact) mass is 482 g/mol. The molecule has 2 aromatic heterocycles. The van der Waals surface area contributed by atoms with E-state index in [4.69, 9.17) is 14.2 Å². The van der Waals surface area contributed by atoms with Crippen LogP contribution in [0.5, 0.6) is 5.75 Å². The molecule has 0 fully saturated rings.